The Morgan fingerprint density at radius 1 is 1.60 bits per heavy atom. The highest BCUT2D eigenvalue weighted by Gasteiger charge is 2.16. The lowest BCUT2D eigenvalue weighted by atomic mass is 10.2. The Bertz CT molecular complexity index is 431. The van der Waals surface area contributed by atoms with E-state index >= 15 is 0 Å². The number of carbonyl (C=O) groups excluding carboxylic acids is 1. The van der Waals surface area contributed by atoms with Gasteiger partial charge in [0.25, 0.3) is 0 Å². The van der Waals surface area contributed by atoms with E-state index in [1.165, 1.54) is 11.3 Å². The first-order valence-corrected chi connectivity index (χ1v) is 6.15. The normalized spacial score (nSPS) is 11.9. The highest BCUT2D eigenvalue weighted by molar-refractivity contribution is 9.10. The van der Waals surface area contributed by atoms with Gasteiger partial charge in [0, 0.05) is 4.88 Å². The summed E-state index contributed by atoms with van der Waals surface area (Å²) in [5.41, 5.74) is 1.51. The molecule has 1 unspecified atom stereocenters. The third-order valence-corrected chi connectivity index (χ3v) is 3.63. The van der Waals surface area contributed by atoms with E-state index in [-0.39, 0.29) is 10.7 Å². The van der Waals surface area contributed by atoms with Crippen LogP contribution < -0.4 is 5.32 Å². The van der Waals surface area contributed by atoms with Crippen LogP contribution in [-0.2, 0) is 4.79 Å². The summed E-state index contributed by atoms with van der Waals surface area (Å²) in [4.78, 5) is 12.2. The summed E-state index contributed by atoms with van der Waals surface area (Å²) < 4.78 is 0. The third kappa shape index (κ3) is 2.58. The molecule has 1 heterocycles. The lowest BCUT2D eigenvalue weighted by Crippen LogP contribution is -2.19. The van der Waals surface area contributed by atoms with Crippen molar-refractivity contribution in [2.24, 2.45) is 0 Å². The third-order valence-electron chi connectivity index (χ3n) is 2.10. The number of anilines is 1. The number of hydrogen-bond donors (Lipinski definition) is 1. The first kappa shape index (κ1) is 12.2. The second-order valence-corrected chi connectivity index (χ2v) is 5.80. The van der Waals surface area contributed by atoms with Crippen LogP contribution in [0.25, 0.3) is 0 Å². The number of nitrogens with zero attached hydrogens (tertiary/aromatic N) is 1. The van der Waals surface area contributed by atoms with Gasteiger partial charge in [0.05, 0.1) is 10.4 Å². The molecule has 1 amide bonds. The first-order valence-electron chi connectivity index (χ1n) is 4.42. The van der Waals surface area contributed by atoms with Gasteiger partial charge in [-0.05, 0) is 26.3 Å². The van der Waals surface area contributed by atoms with Gasteiger partial charge >= 0.3 is 0 Å². The molecule has 0 spiro atoms. The van der Waals surface area contributed by atoms with E-state index in [1.54, 1.807) is 6.92 Å². The van der Waals surface area contributed by atoms with Gasteiger partial charge in [0.15, 0.2) is 0 Å². The number of carbonyl (C=O) groups is 1. The molecule has 0 saturated heterocycles. The number of alkyl halides is 1. The van der Waals surface area contributed by atoms with Gasteiger partial charge in [0.2, 0.25) is 5.91 Å². The van der Waals surface area contributed by atoms with Crippen molar-refractivity contribution in [2.75, 3.05) is 5.32 Å². The molecule has 15 heavy (non-hydrogen) atoms. The predicted molar refractivity (Wildman–Crippen MR) is 65.5 cm³/mol. The van der Waals surface area contributed by atoms with Gasteiger partial charge in [-0.15, -0.1) is 11.3 Å². The highest BCUT2D eigenvalue weighted by atomic mass is 79.9. The Kier molecular flexibility index (Phi) is 3.89. The average Bonchev–Trinajstić information content (AvgIpc) is 2.42. The molecule has 0 aliphatic rings. The van der Waals surface area contributed by atoms with Crippen molar-refractivity contribution in [2.45, 2.75) is 25.6 Å². The fourth-order valence-electron chi connectivity index (χ4n) is 1.06. The van der Waals surface area contributed by atoms with Gasteiger partial charge in [0.1, 0.15) is 11.1 Å². The smallest absolute Gasteiger partial charge is 0.238 e. The lowest BCUT2D eigenvalue weighted by Gasteiger charge is -2.04. The number of thiophene rings is 1. The van der Waals surface area contributed by atoms with Gasteiger partial charge in [-0.2, -0.15) is 5.26 Å². The van der Waals surface area contributed by atoms with Crippen molar-refractivity contribution in [3.8, 4) is 6.07 Å². The summed E-state index contributed by atoms with van der Waals surface area (Å²) in [6.07, 6.45) is 0. The molecule has 0 aliphatic heterocycles. The van der Waals surface area contributed by atoms with Gasteiger partial charge in [-0.3, -0.25) is 4.79 Å². The van der Waals surface area contributed by atoms with Crippen molar-refractivity contribution in [1.29, 1.82) is 5.26 Å². The number of aryl methyl sites for hydroxylation is 1. The molecule has 3 nitrogen and oxygen atoms in total. The second-order valence-electron chi connectivity index (χ2n) is 3.20. The SMILES string of the molecule is Cc1sc(NC(=O)C(C)Br)c(C#N)c1C. The number of nitriles is 1. The van der Waals surface area contributed by atoms with Crippen molar-refractivity contribution < 1.29 is 4.79 Å². The Balaban J connectivity index is 3.02. The molecule has 5 heteroatoms. The number of rotatable bonds is 2. The monoisotopic (exact) mass is 286 g/mol. The van der Waals surface area contributed by atoms with E-state index in [0.29, 0.717) is 10.6 Å². The molecule has 0 aliphatic carbocycles. The molecule has 1 N–H and O–H groups in total. The van der Waals surface area contributed by atoms with Gasteiger partial charge in [-0.25, -0.2) is 0 Å². The molecule has 80 valence electrons. The minimum Gasteiger partial charge on any atom is -0.316 e. The fraction of sp³-hybridized carbons (Fsp3) is 0.400. The summed E-state index contributed by atoms with van der Waals surface area (Å²) in [6, 6.07) is 2.11. The van der Waals surface area contributed by atoms with Crippen LogP contribution in [0.5, 0.6) is 0 Å². The van der Waals surface area contributed by atoms with E-state index in [1.807, 2.05) is 13.8 Å². The zero-order chi connectivity index (χ0) is 11.6. The maximum absolute atomic E-state index is 11.4. The molecule has 0 saturated carbocycles. The Morgan fingerprint density at radius 2 is 2.20 bits per heavy atom. The number of amides is 1. The largest absolute Gasteiger partial charge is 0.316 e. The molecular weight excluding hydrogens is 276 g/mol. The molecule has 1 aromatic rings. The zero-order valence-electron chi connectivity index (χ0n) is 8.72. The maximum atomic E-state index is 11.4. The Morgan fingerprint density at radius 3 is 2.67 bits per heavy atom. The zero-order valence-corrected chi connectivity index (χ0v) is 11.1. The first-order chi connectivity index (χ1) is 6.97. The van der Waals surface area contributed by atoms with E-state index in [2.05, 4.69) is 27.3 Å². The average molecular weight is 287 g/mol. The predicted octanol–water partition coefficient (Wildman–Crippen LogP) is 2.96. The Hall–Kier alpha value is -0.860. The topological polar surface area (TPSA) is 52.9 Å². The molecule has 0 fully saturated rings. The van der Waals surface area contributed by atoms with Crippen LogP contribution in [0.1, 0.15) is 22.9 Å². The van der Waals surface area contributed by atoms with Crippen LogP contribution in [-0.4, -0.2) is 10.7 Å². The van der Waals surface area contributed by atoms with E-state index < -0.39 is 0 Å². The molecule has 0 bridgehead atoms. The van der Waals surface area contributed by atoms with Crippen molar-refractivity contribution in [1.82, 2.24) is 0 Å². The van der Waals surface area contributed by atoms with Crippen LogP contribution in [0.3, 0.4) is 0 Å². The molecular formula is C10H11BrN2OS. The maximum Gasteiger partial charge on any atom is 0.238 e. The van der Waals surface area contributed by atoms with Crippen molar-refractivity contribution in [3.63, 3.8) is 0 Å². The molecule has 0 radical (unpaired) electrons. The van der Waals surface area contributed by atoms with Crippen LogP contribution in [0.2, 0.25) is 0 Å². The minimum absolute atomic E-state index is 0.132. The molecule has 0 aromatic carbocycles. The summed E-state index contributed by atoms with van der Waals surface area (Å²) in [5.74, 6) is -0.132. The molecule has 1 rings (SSSR count). The van der Waals surface area contributed by atoms with E-state index in [0.717, 1.165) is 10.4 Å². The number of nitrogens with one attached hydrogen (secondary N) is 1. The van der Waals surface area contributed by atoms with Crippen LogP contribution in [0, 0.1) is 25.2 Å². The Labute approximate surface area is 101 Å². The summed E-state index contributed by atoms with van der Waals surface area (Å²) in [7, 11) is 0. The summed E-state index contributed by atoms with van der Waals surface area (Å²) >= 11 is 4.61. The standard InChI is InChI=1S/C10H11BrN2OS/c1-5-7(3)15-10(8(5)4-12)13-9(14)6(2)11/h6H,1-3H3,(H,13,14). The van der Waals surface area contributed by atoms with Crippen LogP contribution in [0.4, 0.5) is 5.00 Å². The lowest BCUT2D eigenvalue weighted by molar-refractivity contribution is -0.115. The van der Waals surface area contributed by atoms with Crippen LogP contribution in [0.15, 0.2) is 0 Å². The quantitative estimate of drug-likeness (QED) is 0.850. The fourth-order valence-corrected chi connectivity index (χ4v) is 2.19. The molecule has 1 atom stereocenters. The van der Waals surface area contributed by atoms with E-state index in [4.69, 9.17) is 5.26 Å². The van der Waals surface area contributed by atoms with Gasteiger partial charge in [-0.1, -0.05) is 15.9 Å². The minimum atomic E-state index is -0.258. The molecule has 1 aromatic heterocycles. The van der Waals surface area contributed by atoms with Crippen LogP contribution >= 0.6 is 27.3 Å². The highest BCUT2D eigenvalue weighted by Crippen LogP contribution is 2.31. The second kappa shape index (κ2) is 4.77. The van der Waals surface area contributed by atoms with Crippen molar-refractivity contribution in [3.05, 3.63) is 16.0 Å². The number of halogens is 1. The van der Waals surface area contributed by atoms with Crippen molar-refractivity contribution >= 4 is 38.2 Å². The summed E-state index contributed by atoms with van der Waals surface area (Å²) in [5, 5.41) is 12.3. The van der Waals surface area contributed by atoms with E-state index in [9.17, 15) is 4.79 Å². The van der Waals surface area contributed by atoms with Gasteiger partial charge < -0.3 is 5.32 Å². The summed E-state index contributed by atoms with van der Waals surface area (Å²) in [6.45, 7) is 5.57. The number of hydrogen-bond acceptors (Lipinski definition) is 3.